The number of allylic oxidation sites excluding steroid dienone is 1. The van der Waals surface area contributed by atoms with Gasteiger partial charge in [-0.1, -0.05) is 43.7 Å². The number of fused-ring (bicyclic) bond motifs is 1. The lowest BCUT2D eigenvalue weighted by atomic mass is 9.48. The molecule has 4 heteroatoms. The van der Waals surface area contributed by atoms with E-state index in [1.165, 1.54) is 19.1 Å². The number of rotatable bonds is 6. The predicted molar refractivity (Wildman–Crippen MR) is 95.1 cm³/mol. The molecule has 0 unspecified atom stereocenters. The molecule has 0 spiro atoms. The van der Waals surface area contributed by atoms with Gasteiger partial charge in [-0.3, -0.25) is 4.79 Å². The lowest BCUT2D eigenvalue weighted by Gasteiger charge is -2.56. The van der Waals surface area contributed by atoms with Crippen LogP contribution < -0.4 is 0 Å². The van der Waals surface area contributed by atoms with Crippen LogP contribution in [0.15, 0.2) is 35.9 Å². The van der Waals surface area contributed by atoms with E-state index in [4.69, 9.17) is 9.47 Å². The van der Waals surface area contributed by atoms with Gasteiger partial charge in [0.1, 0.15) is 0 Å². The first-order chi connectivity index (χ1) is 11.9. The third-order valence-corrected chi connectivity index (χ3v) is 5.99. The van der Waals surface area contributed by atoms with Crippen LogP contribution in [0.1, 0.15) is 49.0 Å². The summed E-state index contributed by atoms with van der Waals surface area (Å²) < 4.78 is 10.2. The van der Waals surface area contributed by atoms with Crippen molar-refractivity contribution in [3.63, 3.8) is 0 Å². The zero-order valence-electron chi connectivity index (χ0n) is 15.2. The average Bonchev–Trinajstić information content (AvgIpc) is 2.61. The Morgan fingerprint density at radius 1 is 1.24 bits per heavy atom. The van der Waals surface area contributed by atoms with Gasteiger partial charge in [-0.05, 0) is 41.7 Å². The standard InChI is InChI=1S/C21H26O4/c1-21(2)16-9-8-14(18(21)13-16)10-11-25-19(22)12-15-6-4-5-7-17(15)20(23)24-3/h4-8,16,18H,9-13H2,1-3H3/t16-,18-/m0/s1. The minimum atomic E-state index is -0.433. The van der Waals surface area contributed by atoms with E-state index in [0.717, 1.165) is 18.8 Å². The van der Waals surface area contributed by atoms with E-state index in [1.54, 1.807) is 24.3 Å². The first-order valence-corrected chi connectivity index (χ1v) is 8.94. The van der Waals surface area contributed by atoms with Gasteiger partial charge in [-0.25, -0.2) is 4.79 Å². The monoisotopic (exact) mass is 342 g/mol. The van der Waals surface area contributed by atoms with Crippen molar-refractivity contribution in [2.45, 2.75) is 39.5 Å². The number of ether oxygens (including phenoxy) is 2. The lowest BCUT2D eigenvalue weighted by Crippen LogP contribution is -2.48. The van der Waals surface area contributed by atoms with Gasteiger partial charge in [-0.15, -0.1) is 0 Å². The summed E-state index contributed by atoms with van der Waals surface area (Å²) in [6, 6.07) is 6.98. The number of benzene rings is 1. The summed E-state index contributed by atoms with van der Waals surface area (Å²) in [6.45, 7) is 5.09. The molecule has 1 saturated carbocycles. The van der Waals surface area contributed by atoms with E-state index in [-0.39, 0.29) is 12.4 Å². The normalized spacial score (nSPS) is 23.2. The molecule has 0 saturated heterocycles. The molecule has 0 aliphatic heterocycles. The van der Waals surface area contributed by atoms with Gasteiger partial charge in [0.25, 0.3) is 0 Å². The number of esters is 2. The van der Waals surface area contributed by atoms with E-state index < -0.39 is 5.97 Å². The van der Waals surface area contributed by atoms with Gasteiger partial charge < -0.3 is 9.47 Å². The van der Waals surface area contributed by atoms with Gasteiger partial charge in [0.15, 0.2) is 0 Å². The predicted octanol–water partition coefficient (Wildman–Crippen LogP) is 3.94. The quantitative estimate of drug-likeness (QED) is 0.580. The Hall–Kier alpha value is -2.10. The fourth-order valence-corrected chi connectivity index (χ4v) is 4.23. The topological polar surface area (TPSA) is 52.6 Å². The molecule has 0 heterocycles. The molecule has 0 N–H and O–H groups in total. The summed E-state index contributed by atoms with van der Waals surface area (Å²) in [6.07, 6.45) is 5.66. The molecular weight excluding hydrogens is 316 g/mol. The maximum absolute atomic E-state index is 12.1. The van der Waals surface area contributed by atoms with Crippen LogP contribution in [0.25, 0.3) is 0 Å². The molecule has 25 heavy (non-hydrogen) atoms. The SMILES string of the molecule is COC(=O)c1ccccc1CC(=O)OCCC1=CC[C@H]2C[C@@H]1C2(C)C. The third kappa shape index (κ3) is 3.48. The van der Waals surface area contributed by atoms with E-state index in [2.05, 4.69) is 19.9 Å². The van der Waals surface area contributed by atoms with Crippen molar-refractivity contribution < 1.29 is 19.1 Å². The zero-order chi connectivity index (χ0) is 18.0. The lowest BCUT2D eigenvalue weighted by molar-refractivity contribution is -0.142. The average molecular weight is 342 g/mol. The highest BCUT2D eigenvalue weighted by Crippen LogP contribution is 2.59. The number of carbonyl (C=O) groups excluding carboxylic acids is 2. The molecular formula is C21H26O4. The maximum Gasteiger partial charge on any atom is 0.338 e. The number of methoxy groups -OCH3 is 1. The van der Waals surface area contributed by atoms with Crippen LogP contribution in [0.5, 0.6) is 0 Å². The molecule has 2 bridgehead atoms. The minimum absolute atomic E-state index is 0.0846. The molecule has 1 fully saturated rings. The Kier molecular flexibility index (Phi) is 4.98. The Balaban J connectivity index is 1.51. The van der Waals surface area contributed by atoms with Crippen molar-refractivity contribution in [1.82, 2.24) is 0 Å². The number of hydrogen-bond acceptors (Lipinski definition) is 4. The molecule has 2 atom stereocenters. The fraction of sp³-hybridized carbons (Fsp3) is 0.524. The second kappa shape index (κ2) is 7.03. The van der Waals surface area contributed by atoms with Crippen LogP contribution in [0.4, 0.5) is 0 Å². The molecule has 0 amide bonds. The molecule has 1 aromatic carbocycles. The molecule has 134 valence electrons. The Morgan fingerprint density at radius 3 is 2.68 bits per heavy atom. The minimum Gasteiger partial charge on any atom is -0.465 e. The molecule has 1 aromatic rings. The fourth-order valence-electron chi connectivity index (χ4n) is 4.23. The Labute approximate surface area is 149 Å². The van der Waals surface area contributed by atoms with E-state index in [9.17, 15) is 9.59 Å². The van der Waals surface area contributed by atoms with Crippen molar-refractivity contribution in [1.29, 1.82) is 0 Å². The van der Waals surface area contributed by atoms with E-state index >= 15 is 0 Å². The smallest absolute Gasteiger partial charge is 0.338 e. The summed E-state index contributed by atoms with van der Waals surface area (Å²) in [5, 5.41) is 0. The second-order valence-electron chi connectivity index (χ2n) is 7.62. The maximum atomic E-state index is 12.1. The highest BCUT2D eigenvalue weighted by Gasteiger charge is 2.50. The second-order valence-corrected chi connectivity index (χ2v) is 7.62. The van der Waals surface area contributed by atoms with Gasteiger partial charge in [-0.2, -0.15) is 0 Å². The summed E-state index contributed by atoms with van der Waals surface area (Å²) in [4.78, 5) is 23.9. The summed E-state index contributed by atoms with van der Waals surface area (Å²) >= 11 is 0. The first-order valence-electron chi connectivity index (χ1n) is 8.94. The van der Waals surface area contributed by atoms with Crippen molar-refractivity contribution >= 4 is 11.9 Å². The summed E-state index contributed by atoms with van der Waals surface area (Å²) in [7, 11) is 1.34. The van der Waals surface area contributed by atoms with Crippen LogP contribution in [0.2, 0.25) is 0 Å². The molecule has 3 aliphatic rings. The summed E-state index contributed by atoms with van der Waals surface area (Å²) in [5.41, 5.74) is 2.89. The largest absolute Gasteiger partial charge is 0.465 e. The highest BCUT2D eigenvalue weighted by molar-refractivity contribution is 5.92. The molecule has 0 radical (unpaired) electrons. The van der Waals surface area contributed by atoms with E-state index in [0.29, 0.717) is 29.1 Å². The first kappa shape index (κ1) is 17.7. The van der Waals surface area contributed by atoms with Crippen LogP contribution in [0.3, 0.4) is 0 Å². The number of hydrogen-bond donors (Lipinski definition) is 0. The molecule has 3 aliphatic carbocycles. The highest BCUT2D eigenvalue weighted by atomic mass is 16.5. The van der Waals surface area contributed by atoms with Gasteiger partial charge in [0.05, 0.1) is 25.7 Å². The van der Waals surface area contributed by atoms with Crippen molar-refractivity contribution in [3.05, 3.63) is 47.0 Å². The Bertz CT molecular complexity index is 702. The van der Waals surface area contributed by atoms with Gasteiger partial charge in [0, 0.05) is 6.42 Å². The third-order valence-electron chi connectivity index (χ3n) is 5.99. The summed E-state index contributed by atoms with van der Waals surface area (Å²) in [5.74, 6) is 0.722. The molecule has 4 nitrogen and oxygen atoms in total. The van der Waals surface area contributed by atoms with Crippen LogP contribution in [0, 0.1) is 17.3 Å². The van der Waals surface area contributed by atoms with Crippen LogP contribution in [-0.2, 0) is 20.7 Å². The van der Waals surface area contributed by atoms with E-state index in [1.807, 2.05) is 0 Å². The van der Waals surface area contributed by atoms with Gasteiger partial charge in [0.2, 0.25) is 0 Å². The van der Waals surface area contributed by atoms with Crippen LogP contribution >= 0.6 is 0 Å². The van der Waals surface area contributed by atoms with Gasteiger partial charge >= 0.3 is 11.9 Å². The molecule has 0 aromatic heterocycles. The van der Waals surface area contributed by atoms with Crippen molar-refractivity contribution in [2.75, 3.05) is 13.7 Å². The Morgan fingerprint density at radius 2 is 2.00 bits per heavy atom. The van der Waals surface area contributed by atoms with Crippen molar-refractivity contribution in [3.8, 4) is 0 Å². The number of carbonyl (C=O) groups is 2. The van der Waals surface area contributed by atoms with Crippen molar-refractivity contribution in [2.24, 2.45) is 17.3 Å². The van der Waals surface area contributed by atoms with Crippen LogP contribution in [-0.4, -0.2) is 25.7 Å². The zero-order valence-corrected chi connectivity index (χ0v) is 15.2. The molecule has 4 rings (SSSR count).